The maximum absolute atomic E-state index is 8.34. The third-order valence-electron chi connectivity index (χ3n) is 1.13. The van der Waals surface area contributed by atoms with Gasteiger partial charge < -0.3 is 0 Å². The number of nitrogens with zero attached hydrogens (tertiary/aromatic N) is 2. The molecule has 1 heterocycles. The van der Waals surface area contributed by atoms with E-state index in [4.69, 9.17) is 5.26 Å². The Morgan fingerprint density at radius 1 is 1.88 bits per heavy atom. The first-order chi connectivity index (χ1) is 3.84. The largest absolute Gasteiger partial charge is 0.287 e. The molecule has 0 saturated carbocycles. The minimum absolute atomic E-state index is 0.711. The van der Waals surface area contributed by atoms with Gasteiger partial charge in [0.25, 0.3) is 0 Å². The Bertz CT molecular complexity index is 193. The van der Waals surface area contributed by atoms with Gasteiger partial charge in [-0.05, 0) is 12.5 Å². The highest BCUT2D eigenvalue weighted by Crippen LogP contribution is 2.06. The molecule has 1 aliphatic heterocycles. The monoisotopic (exact) mass is 106 g/mol. The van der Waals surface area contributed by atoms with Gasteiger partial charge in [0.2, 0.25) is 0 Å². The van der Waals surface area contributed by atoms with E-state index in [0.29, 0.717) is 6.54 Å². The molecule has 1 rings (SSSR count). The predicted octanol–water partition coefficient (Wildman–Crippen LogP) is 0.911. The highest BCUT2D eigenvalue weighted by molar-refractivity contribution is 5.87. The first-order valence-electron chi connectivity index (χ1n) is 2.44. The topological polar surface area (TPSA) is 36.1 Å². The van der Waals surface area contributed by atoms with Crippen molar-refractivity contribution in [2.45, 2.75) is 6.92 Å². The summed E-state index contributed by atoms with van der Waals surface area (Å²) in [7, 11) is 0. The van der Waals surface area contributed by atoms with Gasteiger partial charge in [-0.25, -0.2) is 0 Å². The molecule has 0 atom stereocenters. The fraction of sp³-hybridized carbons (Fsp3) is 0.333. The van der Waals surface area contributed by atoms with Gasteiger partial charge in [-0.1, -0.05) is 0 Å². The number of hydrogen-bond donors (Lipinski definition) is 0. The molecule has 0 aromatic heterocycles. The van der Waals surface area contributed by atoms with Crippen LogP contribution in [0.1, 0.15) is 6.92 Å². The lowest BCUT2D eigenvalue weighted by Crippen LogP contribution is -1.78. The molecule has 0 amide bonds. The Kier molecular flexibility index (Phi) is 1.13. The zero-order chi connectivity index (χ0) is 5.98. The minimum Gasteiger partial charge on any atom is -0.287 e. The van der Waals surface area contributed by atoms with E-state index in [0.717, 1.165) is 11.1 Å². The molecule has 2 heteroatoms. The highest BCUT2D eigenvalue weighted by Gasteiger charge is 2.02. The van der Waals surface area contributed by atoms with E-state index in [1.165, 1.54) is 0 Å². The van der Waals surface area contributed by atoms with Crippen LogP contribution in [0.5, 0.6) is 0 Å². The molecule has 0 unspecified atom stereocenters. The molecule has 0 N–H and O–H groups in total. The van der Waals surface area contributed by atoms with Gasteiger partial charge in [-0.15, -0.1) is 0 Å². The van der Waals surface area contributed by atoms with Crippen LogP contribution < -0.4 is 0 Å². The smallest absolute Gasteiger partial charge is 0.101 e. The van der Waals surface area contributed by atoms with Crippen molar-refractivity contribution in [2.24, 2.45) is 4.99 Å². The van der Waals surface area contributed by atoms with Crippen LogP contribution in [0.2, 0.25) is 0 Å². The number of aliphatic imine (C=N–C) groups is 1. The van der Waals surface area contributed by atoms with E-state index in [-0.39, 0.29) is 0 Å². The van der Waals surface area contributed by atoms with Crippen molar-refractivity contribution in [1.82, 2.24) is 0 Å². The second-order valence-electron chi connectivity index (χ2n) is 1.78. The first-order valence-corrected chi connectivity index (χ1v) is 2.44. The van der Waals surface area contributed by atoms with Crippen LogP contribution in [0, 0.1) is 11.3 Å². The maximum atomic E-state index is 8.34. The Hall–Kier alpha value is -1.10. The summed E-state index contributed by atoms with van der Waals surface area (Å²) in [6, 6.07) is 2.04. The molecule has 40 valence electrons. The molecule has 0 bridgehead atoms. The standard InChI is InChI=1S/C6H6N2/c1-5-3-8-4-6(5)2-7/h4H,3H2,1H3. The minimum atomic E-state index is 0.711. The van der Waals surface area contributed by atoms with Gasteiger partial charge >= 0.3 is 0 Å². The van der Waals surface area contributed by atoms with Crippen LogP contribution in [-0.2, 0) is 0 Å². The normalized spacial score (nSPS) is 17.0. The summed E-state index contributed by atoms with van der Waals surface area (Å²) in [5.74, 6) is 0. The quantitative estimate of drug-likeness (QED) is 0.452. The van der Waals surface area contributed by atoms with Crippen LogP contribution in [-0.4, -0.2) is 12.8 Å². The summed E-state index contributed by atoms with van der Waals surface area (Å²) in [4.78, 5) is 3.90. The summed E-state index contributed by atoms with van der Waals surface area (Å²) in [6.07, 6.45) is 1.62. The Morgan fingerprint density at radius 3 is 2.88 bits per heavy atom. The third kappa shape index (κ3) is 0.627. The van der Waals surface area contributed by atoms with Gasteiger partial charge in [0.15, 0.2) is 0 Å². The molecule has 2 nitrogen and oxygen atoms in total. The highest BCUT2D eigenvalue weighted by atomic mass is 14.7. The molecule has 0 fully saturated rings. The summed E-state index contributed by atoms with van der Waals surface area (Å²) in [5, 5.41) is 8.34. The zero-order valence-electron chi connectivity index (χ0n) is 4.68. The van der Waals surface area contributed by atoms with Crippen LogP contribution in [0.4, 0.5) is 0 Å². The van der Waals surface area contributed by atoms with E-state index in [1.807, 2.05) is 13.0 Å². The van der Waals surface area contributed by atoms with Gasteiger partial charge in [-0.3, -0.25) is 4.99 Å². The molecule has 1 aliphatic rings. The third-order valence-corrected chi connectivity index (χ3v) is 1.13. The average Bonchev–Trinajstić information content (AvgIpc) is 2.14. The lowest BCUT2D eigenvalue weighted by molar-refractivity contribution is 1.17. The number of hydrogen-bond acceptors (Lipinski definition) is 2. The Morgan fingerprint density at radius 2 is 2.62 bits per heavy atom. The van der Waals surface area contributed by atoms with Crippen LogP contribution in [0.15, 0.2) is 16.1 Å². The lowest BCUT2D eigenvalue weighted by Gasteiger charge is -1.82. The SMILES string of the molecule is CC1=C(C#N)C=NC1. The fourth-order valence-electron chi connectivity index (χ4n) is 0.594. The molecule has 0 spiro atoms. The van der Waals surface area contributed by atoms with Crippen molar-refractivity contribution >= 4 is 6.21 Å². The van der Waals surface area contributed by atoms with Crippen LogP contribution in [0.25, 0.3) is 0 Å². The molecule has 0 saturated heterocycles. The summed E-state index contributed by atoms with van der Waals surface area (Å²) in [5.41, 5.74) is 1.80. The van der Waals surface area contributed by atoms with E-state index in [1.54, 1.807) is 6.21 Å². The summed E-state index contributed by atoms with van der Waals surface area (Å²) in [6.45, 7) is 2.63. The van der Waals surface area contributed by atoms with Crippen molar-refractivity contribution in [3.05, 3.63) is 11.1 Å². The second kappa shape index (κ2) is 1.79. The van der Waals surface area contributed by atoms with Crippen molar-refractivity contribution in [2.75, 3.05) is 6.54 Å². The molecule has 0 aromatic rings. The Balaban J connectivity index is 2.91. The van der Waals surface area contributed by atoms with Crippen LogP contribution in [0.3, 0.4) is 0 Å². The number of rotatable bonds is 0. The predicted molar refractivity (Wildman–Crippen MR) is 31.7 cm³/mol. The van der Waals surface area contributed by atoms with Crippen molar-refractivity contribution < 1.29 is 0 Å². The molecule has 0 radical (unpaired) electrons. The number of allylic oxidation sites excluding steroid dienone is 1. The van der Waals surface area contributed by atoms with E-state index < -0.39 is 0 Å². The Labute approximate surface area is 48.2 Å². The molecule has 0 aliphatic carbocycles. The first kappa shape index (κ1) is 5.04. The maximum Gasteiger partial charge on any atom is 0.101 e. The van der Waals surface area contributed by atoms with Crippen molar-refractivity contribution in [1.29, 1.82) is 5.26 Å². The van der Waals surface area contributed by atoms with E-state index >= 15 is 0 Å². The van der Waals surface area contributed by atoms with Gasteiger partial charge in [0.05, 0.1) is 12.1 Å². The van der Waals surface area contributed by atoms with Crippen molar-refractivity contribution in [3.8, 4) is 6.07 Å². The molecular weight excluding hydrogens is 100 g/mol. The average molecular weight is 106 g/mol. The van der Waals surface area contributed by atoms with E-state index in [9.17, 15) is 0 Å². The van der Waals surface area contributed by atoms with Gasteiger partial charge in [0, 0.05) is 6.21 Å². The molecular formula is C6H6N2. The fourth-order valence-corrected chi connectivity index (χ4v) is 0.594. The van der Waals surface area contributed by atoms with Gasteiger partial charge in [-0.2, -0.15) is 5.26 Å². The van der Waals surface area contributed by atoms with Gasteiger partial charge in [0.1, 0.15) is 6.07 Å². The molecule has 8 heavy (non-hydrogen) atoms. The van der Waals surface area contributed by atoms with Crippen molar-refractivity contribution in [3.63, 3.8) is 0 Å². The number of nitriles is 1. The van der Waals surface area contributed by atoms with Crippen LogP contribution >= 0.6 is 0 Å². The summed E-state index contributed by atoms with van der Waals surface area (Å²) >= 11 is 0. The van der Waals surface area contributed by atoms with E-state index in [2.05, 4.69) is 4.99 Å². The lowest BCUT2D eigenvalue weighted by atomic mass is 10.2. The summed E-state index contributed by atoms with van der Waals surface area (Å²) < 4.78 is 0. The zero-order valence-corrected chi connectivity index (χ0v) is 4.68. The molecule has 0 aromatic carbocycles. The second-order valence-corrected chi connectivity index (χ2v) is 1.78.